The van der Waals surface area contributed by atoms with Crippen LogP contribution >= 0.6 is 0 Å². The van der Waals surface area contributed by atoms with Crippen LogP contribution in [-0.2, 0) is 12.8 Å². The molecule has 0 spiro atoms. The van der Waals surface area contributed by atoms with Crippen molar-refractivity contribution in [2.24, 2.45) is 0 Å². The van der Waals surface area contributed by atoms with Crippen LogP contribution in [-0.4, -0.2) is 25.2 Å². The molecule has 0 saturated heterocycles. The van der Waals surface area contributed by atoms with Crippen molar-refractivity contribution >= 4 is 0 Å². The highest BCUT2D eigenvalue weighted by molar-refractivity contribution is 5.41. The minimum absolute atomic E-state index is 0.369. The molecule has 1 N–H and O–H groups in total. The summed E-state index contributed by atoms with van der Waals surface area (Å²) in [4.78, 5) is 4.58. The lowest BCUT2D eigenvalue weighted by atomic mass is 10.0. The van der Waals surface area contributed by atoms with E-state index in [9.17, 15) is 0 Å². The Morgan fingerprint density at radius 2 is 2.19 bits per heavy atom. The fourth-order valence-electron chi connectivity index (χ4n) is 2.63. The lowest BCUT2D eigenvalue weighted by molar-refractivity contribution is 0.405. The summed E-state index contributed by atoms with van der Waals surface area (Å²) in [5, 5.41) is 3.37. The molecule has 0 fully saturated rings. The van der Waals surface area contributed by atoms with Crippen molar-refractivity contribution in [2.45, 2.75) is 39.2 Å². The van der Waals surface area contributed by atoms with E-state index in [1.54, 1.807) is 13.4 Å². The Kier molecular flexibility index (Phi) is 5.39. The van der Waals surface area contributed by atoms with Gasteiger partial charge in [-0.3, -0.25) is 4.98 Å². The first kappa shape index (κ1) is 15.6. The summed E-state index contributed by atoms with van der Waals surface area (Å²) >= 11 is 0. The molecule has 0 aromatic carbocycles. The van der Waals surface area contributed by atoms with Gasteiger partial charge >= 0.3 is 0 Å². The summed E-state index contributed by atoms with van der Waals surface area (Å²) < 4.78 is 10.9. The summed E-state index contributed by atoms with van der Waals surface area (Å²) in [5.41, 5.74) is 3.31. The molecule has 0 amide bonds. The van der Waals surface area contributed by atoms with E-state index in [1.165, 1.54) is 0 Å². The SMILES string of the molecule is CNC(CCc1ccco1)Cc1ncc(C)c(OC)c1C. The summed E-state index contributed by atoms with van der Waals surface area (Å²) in [6.45, 7) is 4.10. The number of aromatic nitrogens is 1. The largest absolute Gasteiger partial charge is 0.496 e. The molecule has 0 radical (unpaired) electrons. The van der Waals surface area contributed by atoms with E-state index in [4.69, 9.17) is 9.15 Å². The van der Waals surface area contributed by atoms with Crippen molar-refractivity contribution < 1.29 is 9.15 Å². The predicted molar refractivity (Wildman–Crippen MR) is 83.8 cm³/mol. The molecule has 0 bridgehead atoms. The fraction of sp³-hybridized carbons (Fsp3) is 0.471. The monoisotopic (exact) mass is 288 g/mol. The Balaban J connectivity index is 2.04. The molecule has 21 heavy (non-hydrogen) atoms. The van der Waals surface area contributed by atoms with Crippen LogP contribution in [0.4, 0.5) is 0 Å². The van der Waals surface area contributed by atoms with E-state index in [1.807, 2.05) is 32.3 Å². The van der Waals surface area contributed by atoms with Crippen LogP contribution in [0.25, 0.3) is 0 Å². The molecule has 0 aliphatic rings. The lowest BCUT2D eigenvalue weighted by Gasteiger charge is -2.18. The molecule has 114 valence electrons. The highest BCUT2D eigenvalue weighted by Crippen LogP contribution is 2.25. The van der Waals surface area contributed by atoms with Crippen LogP contribution in [0.15, 0.2) is 29.0 Å². The Bertz CT molecular complexity index is 564. The molecular weight excluding hydrogens is 264 g/mol. The zero-order valence-corrected chi connectivity index (χ0v) is 13.3. The van der Waals surface area contributed by atoms with Gasteiger partial charge in [0.15, 0.2) is 0 Å². The van der Waals surface area contributed by atoms with E-state index < -0.39 is 0 Å². The molecule has 1 atom stereocenters. The molecule has 4 nitrogen and oxygen atoms in total. The zero-order chi connectivity index (χ0) is 15.2. The van der Waals surface area contributed by atoms with Crippen molar-refractivity contribution in [1.29, 1.82) is 0 Å². The van der Waals surface area contributed by atoms with E-state index in [-0.39, 0.29) is 0 Å². The van der Waals surface area contributed by atoms with Crippen molar-refractivity contribution in [3.63, 3.8) is 0 Å². The van der Waals surface area contributed by atoms with E-state index in [0.717, 1.165) is 47.6 Å². The molecule has 2 heterocycles. The first-order valence-corrected chi connectivity index (χ1v) is 7.34. The van der Waals surface area contributed by atoms with Gasteiger partial charge in [0.05, 0.1) is 13.4 Å². The highest BCUT2D eigenvalue weighted by atomic mass is 16.5. The molecule has 2 rings (SSSR count). The third-order valence-corrected chi connectivity index (χ3v) is 3.92. The van der Waals surface area contributed by atoms with Crippen LogP contribution in [0.5, 0.6) is 5.75 Å². The summed E-state index contributed by atoms with van der Waals surface area (Å²) in [6.07, 6.45) is 6.45. The minimum Gasteiger partial charge on any atom is -0.496 e. The number of ether oxygens (including phenoxy) is 1. The van der Waals surface area contributed by atoms with Gasteiger partial charge in [0.1, 0.15) is 11.5 Å². The highest BCUT2D eigenvalue weighted by Gasteiger charge is 2.14. The number of hydrogen-bond acceptors (Lipinski definition) is 4. The molecule has 4 heteroatoms. The number of nitrogens with one attached hydrogen (secondary N) is 1. The van der Waals surface area contributed by atoms with Crippen LogP contribution < -0.4 is 10.1 Å². The number of hydrogen-bond donors (Lipinski definition) is 1. The standard InChI is InChI=1S/C17H24N2O2/c1-12-11-19-16(13(2)17(12)20-4)10-14(18-3)7-8-15-6-5-9-21-15/h5-6,9,11,14,18H,7-8,10H2,1-4H3. The molecule has 2 aromatic heterocycles. The average molecular weight is 288 g/mol. The molecule has 0 saturated carbocycles. The van der Waals surface area contributed by atoms with E-state index in [0.29, 0.717) is 6.04 Å². The number of likely N-dealkylation sites (N-methyl/N-ethyl adjacent to an activating group) is 1. The second-order valence-corrected chi connectivity index (χ2v) is 5.35. The first-order chi connectivity index (χ1) is 10.2. The minimum atomic E-state index is 0.369. The third kappa shape index (κ3) is 3.85. The number of rotatable bonds is 7. The molecule has 0 aliphatic heterocycles. The van der Waals surface area contributed by atoms with E-state index >= 15 is 0 Å². The number of pyridine rings is 1. The van der Waals surface area contributed by atoms with Gasteiger partial charge in [-0.2, -0.15) is 0 Å². The summed E-state index contributed by atoms with van der Waals surface area (Å²) in [6, 6.07) is 4.32. The molecule has 0 aliphatic carbocycles. The van der Waals surface area contributed by atoms with Crippen molar-refractivity contribution in [2.75, 3.05) is 14.2 Å². The summed E-state index contributed by atoms with van der Waals surface area (Å²) in [7, 11) is 3.71. The normalized spacial score (nSPS) is 12.4. The summed E-state index contributed by atoms with van der Waals surface area (Å²) in [5.74, 6) is 1.97. The van der Waals surface area contributed by atoms with Gasteiger partial charge in [0.25, 0.3) is 0 Å². The van der Waals surface area contributed by atoms with E-state index in [2.05, 4.69) is 17.2 Å². The van der Waals surface area contributed by atoms with Gasteiger partial charge in [-0.1, -0.05) is 0 Å². The van der Waals surface area contributed by atoms with Gasteiger partial charge in [0.2, 0.25) is 0 Å². The van der Waals surface area contributed by atoms with Crippen LogP contribution in [0.1, 0.15) is 29.0 Å². The molecular formula is C17H24N2O2. The predicted octanol–water partition coefficient (Wildman–Crippen LogP) is 3.06. The topological polar surface area (TPSA) is 47.3 Å². The Morgan fingerprint density at radius 1 is 1.38 bits per heavy atom. The van der Waals surface area contributed by atoms with Gasteiger partial charge in [-0.25, -0.2) is 0 Å². The molecule has 1 unspecified atom stereocenters. The fourth-order valence-corrected chi connectivity index (χ4v) is 2.63. The number of nitrogens with zero attached hydrogens (tertiary/aromatic N) is 1. The second-order valence-electron chi connectivity index (χ2n) is 5.35. The zero-order valence-electron chi connectivity index (χ0n) is 13.3. The smallest absolute Gasteiger partial charge is 0.128 e. The number of methoxy groups -OCH3 is 1. The Hall–Kier alpha value is -1.81. The average Bonchev–Trinajstić information content (AvgIpc) is 2.99. The van der Waals surface area contributed by atoms with Gasteiger partial charge in [-0.05, 0) is 39.4 Å². The first-order valence-electron chi connectivity index (χ1n) is 7.34. The number of furan rings is 1. The van der Waals surface area contributed by atoms with Crippen molar-refractivity contribution in [3.05, 3.63) is 47.2 Å². The van der Waals surface area contributed by atoms with Gasteiger partial charge < -0.3 is 14.5 Å². The Morgan fingerprint density at radius 3 is 2.81 bits per heavy atom. The lowest BCUT2D eigenvalue weighted by Crippen LogP contribution is -2.29. The molecule has 2 aromatic rings. The second kappa shape index (κ2) is 7.27. The van der Waals surface area contributed by atoms with Crippen LogP contribution in [0, 0.1) is 13.8 Å². The maximum Gasteiger partial charge on any atom is 0.128 e. The number of aryl methyl sites for hydroxylation is 2. The van der Waals surface area contributed by atoms with Gasteiger partial charge in [-0.15, -0.1) is 0 Å². The third-order valence-electron chi connectivity index (χ3n) is 3.92. The van der Waals surface area contributed by atoms with Crippen LogP contribution in [0.3, 0.4) is 0 Å². The van der Waals surface area contributed by atoms with Crippen molar-refractivity contribution in [1.82, 2.24) is 10.3 Å². The van der Waals surface area contributed by atoms with Crippen molar-refractivity contribution in [3.8, 4) is 5.75 Å². The maximum atomic E-state index is 5.48. The quantitative estimate of drug-likeness (QED) is 0.850. The maximum absolute atomic E-state index is 5.48. The Labute approximate surface area is 126 Å². The van der Waals surface area contributed by atoms with Crippen LogP contribution in [0.2, 0.25) is 0 Å². The van der Waals surface area contributed by atoms with Gasteiger partial charge in [0, 0.05) is 41.9 Å².